The fourth-order valence-electron chi connectivity index (χ4n) is 5.78. The summed E-state index contributed by atoms with van der Waals surface area (Å²) in [5.41, 5.74) is 1.91. The Morgan fingerprint density at radius 1 is 1.05 bits per heavy atom. The van der Waals surface area contributed by atoms with Crippen LogP contribution >= 0.6 is 0 Å². The van der Waals surface area contributed by atoms with E-state index in [1.807, 2.05) is 0 Å². The lowest BCUT2D eigenvalue weighted by Crippen LogP contribution is -2.35. The molecule has 9 heteroatoms. The highest BCUT2D eigenvalue weighted by atomic mass is 16.3. The monoisotopic (exact) mass is 555 g/mol. The van der Waals surface area contributed by atoms with Crippen molar-refractivity contribution >= 4 is 29.2 Å². The first-order chi connectivity index (χ1) is 19.8. The summed E-state index contributed by atoms with van der Waals surface area (Å²) in [5, 5.41) is 19.6. The molecule has 4 N–H and O–H groups in total. The summed E-state index contributed by atoms with van der Waals surface area (Å²) < 4.78 is 0. The van der Waals surface area contributed by atoms with Crippen LogP contribution in [0, 0.1) is 0 Å². The number of likely N-dealkylation sites (tertiary alicyclic amines) is 1. The van der Waals surface area contributed by atoms with E-state index in [1.165, 1.54) is 63.4 Å². The van der Waals surface area contributed by atoms with E-state index in [1.54, 1.807) is 38.1 Å². The Labute approximate surface area is 242 Å². The fraction of sp³-hybridized carbons (Fsp3) is 0.438. The number of pyridine rings is 1. The Bertz CT molecular complexity index is 1340. The molecule has 3 heterocycles. The van der Waals surface area contributed by atoms with Crippen LogP contribution in [0.5, 0.6) is 0 Å². The molecule has 2 aliphatic rings. The van der Waals surface area contributed by atoms with Crippen LogP contribution in [0.2, 0.25) is 0 Å². The number of nitrogens with one attached hydrogen (secondary N) is 3. The molecular formula is C32H41N7O2. The number of aromatic nitrogens is 3. The van der Waals surface area contributed by atoms with Crippen molar-refractivity contribution in [1.82, 2.24) is 25.2 Å². The lowest BCUT2D eigenvalue weighted by molar-refractivity contribution is 0.0740. The van der Waals surface area contributed by atoms with Gasteiger partial charge in [-0.15, -0.1) is 6.58 Å². The SMILES string of the molecule is C=CCNC(=O)c1cnc(Nc2ccc([C@H]3CC[C@@H](N4CCCC4)CC3)cc2)nc1Nc1cccc(C(C)(C)O)n1. The second-order valence-corrected chi connectivity index (χ2v) is 11.5. The molecule has 0 unspecified atom stereocenters. The molecule has 1 aliphatic heterocycles. The zero-order valence-corrected chi connectivity index (χ0v) is 24.1. The average Bonchev–Trinajstić information content (AvgIpc) is 3.52. The smallest absolute Gasteiger partial charge is 0.256 e. The summed E-state index contributed by atoms with van der Waals surface area (Å²) in [7, 11) is 0. The predicted octanol–water partition coefficient (Wildman–Crippen LogP) is 5.62. The van der Waals surface area contributed by atoms with E-state index < -0.39 is 5.60 Å². The summed E-state index contributed by atoms with van der Waals surface area (Å²) in [6.45, 7) is 9.87. The normalized spacial score (nSPS) is 19.5. The highest BCUT2D eigenvalue weighted by Crippen LogP contribution is 2.36. The van der Waals surface area contributed by atoms with Gasteiger partial charge in [-0.3, -0.25) is 4.79 Å². The molecule has 2 fully saturated rings. The van der Waals surface area contributed by atoms with Gasteiger partial charge in [0.15, 0.2) is 0 Å². The summed E-state index contributed by atoms with van der Waals surface area (Å²) in [6.07, 6.45) is 10.9. The van der Waals surface area contributed by atoms with E-state index in [0.29, 0.717) is 35.7 Å². The number of hydrogen-bond donors (Lipinski definition) is 4. The van der Waals surface area contributed by atoms with Gasteiger partial charge in [0, 0.05) is 24.5 Å². The molecule has 5 rings (SSSR count). The molecule has 1 aliphatic carbocycles. The molecule has 41 heavy (non-hydrogen) atoms. The van der Waals surface area contributed by atoms with Crippen LogP contribution in [0.3, 0.4) is 0 Å². The molecule has 1 amide bonds. The molecule has 0 atom stereocenters. The largest absolute Gasteiger partial charge is 0.384 e. The van der Waals surface area contributed by atoms with Gasteiger partial charge in [-0.05, 0) is 101 Å². The molecule has 0 radical (unpaired) electrons. The van der Waals surface area contributed by atoms with Gasteiger partial charge in [0.1, 0.15) is 22.8 Å². The Morgan fingerprint density at radius 2 is 1.78 bits per heavy atom. The Hall–Kier alpha value is -3.82. The number of anilines is 4. The maximum absolute atomic E-state index is 12.8. The van der Waals surface area contributed by atoms with Gasteiger partial charge in [0.05, 0.1) is 5.69 Å². The maximum Gasteiger partial charge on any atom is 0.256 e. The Kier molecular flexibility index (Phi) is 8.95. The van der Waals surface area contributed by atoms with Gasteiger partial charge >= 0.3 is 0 Å². The first-order valence-corrected chi connectivity index (χ1v) is 14.6. The van der Waals surface area contributed by atoms with Crippen molar-refractivity contribution in [3.05, 3.63) is 78.1 Å². The van der Waals surface area contributed by atoms with E-state index >= 15 is 0 Å². The number of amides is 1. The summed E-state index contributed by atoms with van der Waals surface area (Å²) in [5.74, 6) is 1.38. The molecule has 0 spiro atoms. The number of hydrogen-bond acceptors (Lipinski definition) is 8. The van der Waals surface area contributed by atoms with Crippen LogP contribution in [0.4, 0.5) is 23.3 Å². The van der Waals surface area contributed by atoms with Gasteiger partial charge in [0.2, 0.25) is 5.95 Å². The number of benzene rings is 1. The van der Waals surface area contributed by atoms with Crippen LogP contribution in [0.1, 0.15) is 79.9 Å². The lowest BCUT2D eigenvalue weighted by Gasteiger charge is -2.34. The quantitative estimate of drug-likeness (QED) is 0.238. The van der Waals surface area contributed by atoms with E-state index in [4.69, 9.17) is 0 Å². The number of rotatable bonds is 10. The third-order valence-corrected chi connectivity index (χ3v) is 8.05. The van der Waals surface area contributed by atoms with Gasteiger partial charge in [-0.2, -0.15) is 4.98 Å². The highest BCUT2D eigenvalue weighted by molar-refractivity contribution is 5.99. The highest BCUT2D eigenvalue weighted by Gasteiger charge is 2.28. The van der Waals surface area contributed by atoms with Crippen LogP contribution in [0.15, 0.2) is 61.3 Å². The minimum absolute atomic E-state index is 0.271. The number of nitrogens with zero attached hydrogens (tertiary/aromatic N) is 4. The fourth-order valence-corrected chi connectivity index (χ4v) is 5.78. The van der Waals surface area contributed by atoms with Crippen molar-refractivity contribution in [2.75, 3.05) is 30.3 Å². The Morgan fingerprint density at radius 3 is 2.46 bits per heavy atom. The van der Waals surface area contributed by atoms with Crippen molar-refractivity contribution < 1.29 is 9.90 Å². The number of carbonyl (C=O) groups excluding carboxylic acids is 1. The zero-order valence-electron chi connectivity index (χ0n) is 24.1. The molecule has 0 bridgehead atoms. The van der Waals surface area contributed by atoms with E-state index in [-0.39, 0.29) is 11.5 Å². The second kappa shape index (κ2) is 12.8. The average molecular weight is 556 g/mol. The van der Waals surface area contributed by atoms with Crippen molar-refractivity contribution in [3.8, 4) is 0 Å². The standard InChI is InChI=1S/C32H41N7O2/c1-4-18-33-30(40)26-21-34-31(38-29(26)37-28-9-7-8-27(36-28)32(2,3)41)35-24-14-10-22(11-15-24)23-12-16-25(17-13-23)39-19-5-6-20-39/h4,7-11,14-15,21,23,25,41H,1,5-6,12-13,16-20H2,2-3H3,(H,33,40)(H2,34,35,36,37,38)/t23-,25+. The third kappa shape index (κ3) is 7.28. The van der Waals surface area contributed by atoms with Crippen LogP contribution in [-0.2, 0) is 5.60 Å². The van der Waals surface area contributed by atoms with Gasteiger partial charge in [-0.25, -0.2) is 9.97 Å². The summed E-state index contributed by atoms with van der Waals surface area (Å²) >= 11 is 0. The molecular weight excluding hydrogens is 514 g/mol. The minimum Gasteiger partial charge on any atom is -0.384 e. The second-order valence-electron chi connectivity index (χ2n) is 11.5. The van der Waals surface area contributed by atoms with Gasteiger partial charge < -0.3 is 26.0 Å². The van der Waals surface area contributed by atoms with E-state index in [9.17, 15) is 9.90 Å². The maximum atomic E-state index is 12.8. The summed E-state index contributed by atoms with van der Waals surface area (Å²) in [4.78, 5) is 29.1. The molecule has 1 saturated carbocycles. The van der Waals surface area contributed by atoms with Crippen LogP contribution in [0.25, 0.3) is 0 Å². The van der Waals surface area contributed by atoms with Gasteiger partial charge in [0.25, 0.3) is 5.91 Å². The topological polar surface area (TPSA) is 115 Å². The van der Waals surface area contributed by atoms with Crippen LogP contribution in [-0.4, -0.2) is 56.5 Å². The zero-order chi connectivity index (χ0) is 28.8. The van der Waals surface area contributed by atoms with E-state index in [0.717, 1.165) is 11.7 Å². The molecule has 1 aromatic carbocycles. The van der Waals surface area contributed by atoms with Crippen molar-refractivity contribution in [2.45, 2.75) is 69.9 Å². The Balaban J connectivity index is 1.29. The third-order valence-electron chi connectivity index (χ3n) is 8.05. The van der Waals surface area contributed by atoms with Gasteiger partial charge in [-0.1, -0.05) is 24.3 Å². The molecule has 1 saturated heterocycles. The molecule has 3 aromatic rings. The number of carbonyl (C=O) groups is 1. The van der Waals surface area contributed by atoms with Crippen LogP contribution < -0.4 is 16.0 Å². The predicted molar refractivity (Wildman–Crippen MR) is 163 cm³/mol. The lowest BCUT2D eigenvalue weighted by atomic mass is 9.81. The van der Waals surface area contributed by atoms with Crippen molar-refractivity contribution in [2.24, 2.45) is 0 Å². The molecule has 9 nitrogen and oxygen atoms in total. The number of aliphatic hydroxyl groups is 1. The molecule has 2 aromatic heterocycles. The van der Waals surface area contributed by atoms with E-state index in [2.05, 4.69) is 66.6 Å². The van der Waals surface area contributed by atoms with Crippen molar-refractivity contribution in [1.29, 1.82) is 0 Å². The first kappa shape index (κ1) is 28.7. The minimum atomic E-state index is -1.11. The first-order valence-electron chi connectivity index (χ1n) is 14.6. The summed E-state index contributed by atoms with van der Waals surface area (Å²) in [6, 6.07) is 14.6. The van der Waals surface area contributed by atoms with Crippen molar-refractivity contribution in [3.63, 3.8) is 0 Å². The molecule has 216 valence electrons.